The topological polar surface area (TPSA) is 45.2 Å². The van der Waals surface area contributed by atoms with Gasteiger partial charge in [-0.1, -0.05) is 25.0 Å². The Kier molecular flexibility index (Phi) is 4.71. The molecule has 1 amide bonds. The Morgan fingerprint density at radius 3 is 2.88 bits per heavy atom. The summed E-state index contributed by atoms with van der Waals surface area (Å²) in [4.78, 5) is 19.2. The lowest BCUT2D eigenvalue weighted by Crippen LogP contribution is -2.37. The molecule has 0 radical (unpaired) electrons. The van der Waals surface area contributed by atoms with E-state index in [0.29, 0.717) is 17.9 Å². The van der Waals surface area contributed by atoms with Crippen LogP contribution in [0.15, 0.2) is 30.3 Å². The van der Waals surface area contributed by atoms with E-state index in [-0.39, 0.29) is 0 Å². The zero-order chi connectivity index (χ0) is 17.2. The standard InChI is InChI=1S/C21H27N3O/c1-15-6-8-18-12-16(7-9-20(18)23-15)13-22-19-10-11-24(14-19)21(25)17-4-2-3-5-17/h6-9,12,17,19,22H,2-5,10-11,13-14H2,1H3/t19-/m0/s1. The van der Waals surface area contributed by atoms with Gasteiger partial charge in [0.25, 0.3) is 0 Å². The molecule has 1 atom stereocenters. The first-order valence-corrected chi connectivity index (χ1v) is 9.57. The first-order valence-electron chi connectivity index (χ1n) is 9.57. The number of nitrogens with zero attached hydrogens (tertiary/aromatic N) is 2. The second kappa shape index (κ2) is 7.12. The van der Waals surface area contributed by atoms with Gasteiger partial charge in [0.05, 0.1) is 5.52 Å². The number of carbonyl (C=O) groups is 1. The normalized spacial score (nSPS) is 21.3. The summed E-state index contributed by atoms with van der Waals surface area (Å²) in [5.74, 6) is 0.698. The molecular weight excluding hydrogens is 310 g/mol. The summed E-state index contributed by atoms with van der Waals surface area (Å²) in [6, 6.07) is 11.1. The Labute approximate surface area is 149 Å². The summed E-state index contributed by atoms with van der Waals surface area (Å²) >= 11 is 0. The van der Waals surface area contributed by atoms with E-state index in [0.717, 1.165) is 50.1 Å². The van der Waals surface area contributed by atoms with Crippen LogP contribution < -0.4 is 5.32 Å². The van der Waals surface area contributed by atoms with Gasteiger partial charge in [-0.3, -0.25) is 9.78 Å². The molecule has 0 bridgehead atoms. The average molecular weight is 337 g/mol. The summed E-state index contributed by atoms with van der Waals surface area (Å²) in [6.07, 6.45) is 5.70. The second-order valence-corrected chi connectivity index (χ2v) is 7.61. The van der Waals surface area contributed by atoms with Crippen molar-refractivity contribution in [3.63, 3.8) is 0 Å². The average Bonchev–Trinajstić information content (AvgIpc) is 3.31. The van der Waals surface area contributed by atoms with Gasteiger partial charge in [-0.2, -0.15) is 0 Å². The van der Waals surface area contributed by atoms with E-state index in [2.05, 4.69) is 45.5 Å². The van der Waals surface area contributed by atoms with Crippen molar-refractivity contribution in [2.45, 2.75) is 51.6 Å². The van der Waals surface area contributed by atoms with Crippen molar-refractivity contribution in [2.24, 2.45) is 5.92 Å². The number of amides is 1. The van der Waals surface area contributed by atoms with Gasteiger partial charge in [0.2, 0.25) is 5.91 Å². The van der Waals surface area contributed by atoms with Crippen molar-refractivity contribution in [2.75, 3.05) is 13.1 Å². The molecule has 2 aromatic rings. The van der Waals surface area contributed by atoms with E-state index in [1.807, 2.05) is 6.92 Å². The van der Waals surface area contributed by atoms with Crippen LogP contribution in [0.2, 0.25) is 0 Å². The minimum Gasteiger partial charge on any atom is -0.341 e. The molecule has 1 saturated heterocycles. The molecule has 1 N–H and O–H groups in total. The van der Waals surface area contributed by atoms with Gasteiger partial charge in [-0.15, -0.1) is 0 Å². The van der Waals surface area contributed by atoms with Crippen molar-refractivity contribution >= 4 is 16.8 Å². The second-order valence-electron chi connectivity index (χ2n) is 7.61. The summed E-state index contributed by atoms with van der Waals surface area (Å²) in [5.41, 5.74) is 3.38. The molecule has 1 saturated carbocycles. The monoisotopic (exact) mass is 337 g/mol. The number of carbonyl (C=O) groups excluding carboxylic acids is 1. The quantitative estimate of drug-likeness (QED) is 0.930. The van der Waals surface area contributed by atoms with Gasteiger partial charge < -0.3 is 10.2 Å². The largest absolute Gasteiger partial charge is 0.341 e. The number of hydrogen-bond donors (Lipinski definition) is 1. The molecule has 2 aliphatic rings. The van der Waals surface area contributed by atoms with Gasteiger partial charge in [0.15, 0.2) is 0 Å². The highest BCUT2D eigenvalue weighted by atomic mass is 16.2. The van der Waals surface area contributed by atoms with Gasteiger partial charge in [-0.05, 0) is 49.9 Å². The van der Waals surface area contributed by atoms with Crippen molar-refractivity contribution in [1.82, 2.24) is 15.2 Å². The van der Waals surface area contributed by atoms with Crippen LogP contribution >= 0.6 is 0 Å². The summed E-state index contributed by atoms with van der Waals surface area (Å²) < 4.78 is 0. The van der Waals surface area contributed by atoms with Crippen LogP contribution in [0.25, 0.3) is 10.9 Å². The molecule has 1 aromatic carbocycles. The van der Waals surface area contributed by atoms with Gasteiger partial charge in [0.1, 0.15) is 0 Å². The van der Waals surface area contributed by atoms with Crippen molar-refractivity contribution < 1.29 is 4.79 Å². The molecule has 4 rings (SSSR count). The van der Waals surface area contributed by atoms with Gasteiger partial charge in [0, 0.05) is 42.7 Å². The minimum atomic E-state index is 0.301. The van der Waals surface area contributed by atoms with E-state index in [9.17, 15) is 4.79 Å². The number of pyridine rings is 1. The number of fused-ring (bicyclic) bond motifs is 1. The summed E-state index contributed by atoms with van der Waals surface area (Å²) in [7, 11) is 0. The molecule has 4 heteroatoms. The van der Waals surface area contributed by atoms with Gasteiger partial charge in [-0.25, -0.2) is 0 Å². The Morgan fingerprint density at radius 2 is 2.04 bits per heavy atom. The minimum absolute atomic E-state index is 0.301. The third kappa shape index (κ3) is 3.69. The fourth-order valence-corrected chi connectivity index (χ4v) is 4.21. The zero-order valence-corrected chi connectivity index (χ0v) is 15.0. The third-order valence-corrected chi connectivity index (χ3v) is 5.69. The van der Waals surface area contributed by atoms with Crippen LogP contribution in [0, 0.1) is 12.8 Å². The maximum absolute atomic E-state index is 12.5. The molecule has 1 aromatic heterocycles. The number of rotatable bonds is 4. The number of likely N-dealkylation sites (tertiary alicyclic amines) is 1. The number of hydrogen-bond acceptors (Lipinski definition) is 3. The lowest BCUT2D eigenvalue weighted by molar-refractivity contribution is -0.134. The fourth-order valence-electron chi connectivity index (χ4n) is 4.21. The van der Waals surface area contributed by atoms with Gasteiger partial charge >= 0.3 is 0 Å². The van der Waals surface area contributed by atoms with Crippen molar-refractivity contribution in [1.29, 1.82) is 0 Å². The highest BCUT2D eigenvalue weighted by molar-refractivity contribution is 5.80. The van der Waals surface area contributed by atoms with Crippen molar-refractivity contribution in [3.8, 4) is 0 Å². The third-order valence-electron chi connectivity index (χ3n) is 5.69. The first-order chi connectivity index (χ1) is 12.2. The maximum atomic E-state index is 12.5. The predicted molar refractivity (Wildman–Crippen MR) is 100 cm³/mol. The van der Waals surface area contributed by atoms with E-state index in [4.69, 9.17) is 0 Å². The Balaban J connectivity index is 1.33. The molecule has 1 aliphatic heterocycles. The number of nitrogens with one attached hydrogen (secondary N) is 1. The van der Waals surface area contributed by atoms with Crippen LogP contribution in [-0.2, 0) is 11.3 Å². The smallest absolute Gasteiger partial charge is 0.225 e. The molecule has 25 heavy (non-hydrogen) atoms. The lowest BCUT2D eigenvalue weighted by Gasteiger charge is -2.20. The van der Waals surface area contributed by atoms with Crippen LogP contribution in [-0.4, -0.2) is 34.9 Å². The molecule has 4 nitrogen and oxygen atoms in total. The maximum Gasteiger partial charge on any atom is 0.225 e. The van der Waals surface area contributed by atoms with Crippen LogP contribution in [0.1, 0.15) is 43.4 Å². The predicted octanol–water partition coefficient (Wildman–Crippen LogP) is 3.42. The molecule has 132 valence electrons. The van der Waals surface area contributed by atoms with E-state index < -0.39 is 0 Å². The SMILES string of the molecule is Cc1ccc2cc(CN[C@H]3CCN(C(=O)C4CCCC4)C3)ccc2n1. The van der Waals surface area contributed by atoms with Crippen LogP contribution in [0.5, 0.6) is 0 Å². The van der Waals surface area contributed by atoms with Crippen molar-refractivity contribution in [3.05, 3.63) is 41.6 Å². The van der Waals surface area contributed by atoms with Crippen LogP contribution in [0.4, 0.5) is 0 Å². The zero-order valence-electron chi connectivity index (χ0n) is 15.0. The Bertz CT molecular complexity index is 767. The van der Waals surface area contributed by atoms with E-state index >= 15 is 0 Å². The highest BCUT2D eigenvalue weighted by Crippen LogP contribution is 2.28. The first kappa shape index (κ1) is 16.5. The fraction of sp³-hybridized carbons (Fsp3) is 0.524. The lowest BCUT2D eigenvalue weighted by atomic mass is 10.1. The Morgan fingerprint density at radius 1 is 1.20 bits per heavy atom. The molecule has 2 heterocycles. The number of aromatic nitrogens is 1. The molecule has 1 aliphatic carbocycles. The molecule has 2 fully saturated rings. The summed E-state index contributed by atoms with van der Waals surface area (Å²) in [6.45, 7) is 4.64. The molecule has 0 spiro atoms. The molecular formula is C21H27N3O. The van der Waals surface area contributed by atoms with E-state index in [1.165, 1.54) is 23.8 Å². The van der Waals surface area contributed by atoms with Crippen LogP contribution in [0.3, 0.4) is 0 Å². The van der Waals surface area contributed by atoms with E-state index in [1.54, 1.807) is 0 Å². The number of benzene rings is 1. The molecule has 0 unspecified atom stereocenters. The summed E-state index contributed by atoms with van der Waals surface area (Å²) in [5, 5.41) is 4.82. The Hall–Kier alpha value is -1.94. The highest BCUT2D eigenvalue weighted by Gasteiger charge is 2.31. The number of aryl methyl sites for hydroxylation is 1.